The Balaban J connectivity index is 2.39. The number of urea groups is 1. The summed E-state index contributed by atoms with van der Waals surface area (Å²) in [6.07, 6.45) is 1.63. The summed E-state index contributed by atoms with van der Waals surface area (Å²) in [6, 6.07) is -0.450. The van der Waals surface area contributed by atoms with Crippen molar-refractivity contribution in [3.8, 4) is 0 Å². The van der Waals surface area contributed by atoms with Gasteiger partial charge in [-0.25, -0.2) is 4.79 Å². The summed E-state index contributed by atoms with van der Waals surface area (Å²) in [6.45, 7) is 6.84. The van der Waals surface area contributed by atoms with Crippen LogP contribution >= 0.6 is 0 Å². The number of nitrogens with two attached hydrogens (primary N) is 1. The van der Waals surface area contributed by atoms with Crippen molar-refractivity contribution in [1.29, 1.82) is 0 Å². The fraction of sp³-hybridized carbons (Fsp3) is 0.833. The summed E-state index contributed by atoms with van der Waals surface area (Å²) < 4.78 is 0. The lowest BCUT2D eigenvalue weighted by Gasteiger charge is -2.35. The van der Waals surface area contributed by atoms with Gasteiger partial charge in [-0.2, -0.15) is 0 Å². The second-order valence-electron chi connectivity index (χ2n) is 4.54. The molecule has 0 spiro atoms. The molecule has 1 heterocycles. The van der Waals surface area contributed by atoms with E-state index in [1.807, 2.05) is 13.8 Å². The van der Waals surface area contributed by atoms with E-state index in [2.05, 4.69) is 5.32 Å². The third kappa shape index (κ3) is 3.87. The van der Waals surface area contributed by atoms with Crippen molar-refractivity contribution < 1.29 is 9.59 Å². The molecule has 0 aromatic heterocycles. The first kappa shape index (κ1) is 14.8. The molecule has 1 atom stereocenters. The molecule has 18 heavy (non-hydrogen) atoms. The number of rotatable bonds is 4. The zero-order valence-corrected chi connectivity index (χ0v) is 11.3. The molecule has 3 N–H and O–H groups in total. The van der Waals surface area contributed by atoms with Gasteiger partial charge in [-0.1, -0.05) is 13.3 Å². The molecule has 0 aromatic carbocycles. The Bertz CT molecular complexity index is 288. The van der Waals surface area contributed by atoms with E-state index < -0.39 is 6.04 Å². The fourth-order valence-electron chi connectivity index (χ4n) is 2.06. The Morgan fingerprint density at radius 2 is 1.72 bits per heavy atom. The molecule has 1 unspecified atom stereocenters. The van der Waals surface area contributed by atoms with Crippen LogP contribution in [0, 0.1) is 0 Å². The lowest BCUT2D eigenvalue weighted by molar-refractivity contribution is -0.134. The number of nitrogens with one attached hydrogen (secondary N) is 1. The number of nitrogens with zero attached hydrogens (tertiary/aromatic N) is 2. The van der Waals surface area contributed by atoms with Crippen LogP contribution in [-0.4, -0.2) is 60.5 Å². The lowest BCUT2D eigenvalue weighted by Crippen LogP contribution is -2.55. The smallest absolute Gasteiger partial charge is 0.317 e. The maximum atomic E-state index is 12.0. The molecule has 1 saturated heterocycles. The van der Waals surface area contributed by atoms with Crippen LogP contribution in [0.5, 0.6) is 0 Å². The maximum absolute atomic E-state index is 12.0. The molecule has 6 nitrogen and oxygen atoms in total. The van der Waals surface area contributed by atoms with Crippen molar-refractivity contribution in [3.05, 3.63) is 0 Å². The van der Waals surface area contributed by atoms with E-state index in [1.165, 1.54) is 0 Å². The highest BCUT2D eigenvalue weighted by Gasteiger charge is 2.26. The molecule has 0 radical (unpaired) electrons. The first-order valence-electron chi connectivity index (χ1n) is 6.67. The summed E-state index contributed by atoms with van der Waals surface area (Å²) in [5, 5.41) is 2.76. The van der Waals surface area contributed by atoms with Gasteiger partial charge in [-0.3, -0.25) is 4.79 Å². The Morgan fingerprint density at radius 1 is 1.17 bits per heavy atom. The first-order chi connectivity index (χ1) is 8.60. The number of carbonyl (C=O) groups excluding carboxylic acids is 2. The molecule has 6 heteroatoms. The van der Waals surface area contributed by atoms with Crippen molar-refractivity contribution in [1.82, 2.24) is 15.1 Å². The first-order valence-corrected chi connectivity index (χ1v) is 6.67. The normalized spacial score (nSPS) is 17.5. The number of amides is 3. The summed E-state index contributed by atoms with van der Waals surface area (Å²) in [5.41, 5.74) is 5.82. The van der Waals surface area contributed by atoms with Crippen molar-refractivity contribution in [2.24, 2.45) is 5.73 Å². The molecule has 104 valence electrons. The number of hydrogen-bond donors (Lipinski definition) is 2. The minimum atomic E-state index is -0.397. The second-order valence-corrected chi connectivity index (χ2v) is 4.54. The predicted octanol–water partition coefficient (Wildman–Crippen LogP) is -0.0125. The summed E-state index contributed by atoms with van der Waals surface area (Å²) in [5.74, 6) is 0.00685. The summed E-state index contributed by atoms with van der Waals surface area (Å²) >= 11 is 0. The minimum Gasteiger partial charge on any atom is -0.338 e. The highest BCUT2D eigenvalue weighted by atomic mass is 16.2. The van der Waals surface area contributed by atoms with Gasteiger partial charge in [0.1, 0.15) is 0 Å². The monoisotopic (exact) mass is 256 g/mol. The van der Waals surface area contributed by atoms with Crippen LogP contribution in [-0.2, 0) is 4.79 Å². The molecule has 0 aliphatic carbocycles. The second kappa shape index (κ2) is 7.20. The van der Waals surface area contributed by atoms with Crippen LogP contribution in [0.3, 0.4) is 0 Å². The van der Waals surface area contributed by atoms with E-state index in [4.69, 9.17) is 5.73 Å². The minimum absolute atomic E-state index is 0.00685. The molecule has 1 aliphatic heterocycles. The van der Waals surface area contributed by atoms with Crippen molar-refractivity contribution >= 4 is 11.9 Å². The molecular formula is C12H24N4O2. The average Bonchev–Trinajstić information content (AvgIpc) is 2.38. The van der Waals surface area contributed by atoms with Crippen LogP contribution in [0.2, 0.25) is 0 Å². The van der Waals surface area contributed by atoms with Gasteiger partial charge in [0.2, 0.25) is 5.91 Å². The molecular weight excluding hydrogens is 232 g/mol. The highest BCUT2D eigenvalue weighted by molar-refractivity contribution is 5.82. The third-order valence-corrected chi connectivity index (χ3v) is 3.12. The molecule has 0 bridgehead atoms. The van der Waals surface area contributed by atoms with Gasteiger partial charge in [-0.15, -0.1) is 0 Å². The van der Waals surface area contributed by atoms with Crippen molar-refractivity contribution in [3.63, 3.8) is 0 Å². The van der Waals surface area contributed by atoms with Gasteiger partial charge in [0, 0.05) is 32.7 Å². The molecule has 1 fully saturated rings. The van der Waals surface area contributed by atoms with Crippen molar-refractivity contribution in [2.75, 3.05) is 32.7 Å². The average molecular weight is 256 g/mol. The summed E-state index contributed by atoms with van der Waals surface area (Å²) in [7, 11) is 0. The van der Waals surface area contributed by atoms with Gasteiger partial charge < -0.3 is 20.9 Å². The van der Waals surface area contributed by atoms with E-state index in [9.17, 15) is 9.59 Å². The SMILES string of the molecule is CCCC(N)C(=O)N1CCN(C(=O)NCC)CC1. The fourth-order valence-corrected chi connectivity index (χ4v) is 2.06. The molecule has 1 rings (SSSR count). The molecule has 0 aromatic rings. The van der Waals surface area contributed by atoms with Gasteiger partial charge >= 0.3 is 6.03 Å². The standard InChI is InChI=1S/C12H24N4O2/c1-3-5-10(13)11(17)15-6-8-16(9-7-15)12(18)14-4-2/h10H,3-9,13H2,1-2H3,(H,14,18). The number of piperazine rings is 1. The zero-order chi connectivity index (χ0) is 13.5. The molecule has 3 amide bonds. The van der Waals surface area contributed by atoms with E-state index in [0.29, 0.717) is 32.7 Å². The number of carbonyl (C=O) groups is 2. The van der Waals surface area contributed by atoms with Gasteiger partial charge in [-0.05, 0) is 13.3 Å². The maximum Gasteiger partial charge on any atom is 0.317 e. The van der Waals surface area contributed by atoms with Crippen LogP contribution < -0.4 is 11.1 Å². The Morgan fingerprint density at radius 3 is 2.22 bits per heavy atom. The quantitative estimate of drug-likeness (QED) is 0.742. The third-order valence-electron chi connectivity index (χ3n) is 3.12. The predicted molar refractivity (Wildman–Crippen MR) is 70.1 cm³/mol. The van der Waals surface area contributed by atoms with E-state index in [-0.39, 0.29) is 11.9 Å². The summed E-state index contributed by atoms with van der Waals surface area (Å²) in [4.78, 5) is 27.1. The van der Waals surface area contributed by atoms with Gasteiger partial charge in [0.25, 0.3) is 0 Å². The zero-order valence-electron chi connectivity index (χ0n) is 11.3. The lowest BCUT2D eigenvalue weighted by atomic mass is 10.1. The van der Waals surface area contributed by atoms with E-state index >= 15 is 0 Å². The van der Waals surface area contributed by atoms with Gasteiger partial charge in [0.15, 0.2) is 0 Å². The number of hydrogen-bond acceptors (Lipinski definition) is 3. The van der Waals surface area contributed by atoms with E-state index in [1.54, 1.807) is 9.80 Å². The van der Waals surface area contributed by atoms with Crippen molar-refractivity contribution in [2.45, 2.75) is 32.7 Å². The Kier molecular flexibility index (Phi) is 5.91. The Hall–Kier alpha value is -1.30. The van der Waals surface area contributed by atoms with E-state index in [0.717, 1.165) is 12.8 Å². The van der Waals surface area contributed by atoms with Crippen LogP contribution in [0.15, 0.2) is 0 Å². The largest absolute Gasteiger partial charge is 0.338 e. The topological polar surface area (TPSA) is 78.7 Å². The van der Waals surface area contributed by atoms with Gasteiger partial charge in [0.05, 0.1) is 6.04 Å². The molecule has 0 saturated carbocycles. The molecule has 1 aliphatic rings. The Labute approximate surface area is 108 Å². The highest BCUT2D eigenvalue weighted by Crippen LogP contribution is 2.06. The van der Waals surface area contributed by atoms with Crippen LogP contribution in [0.4, 0.5) is 4.79 Å². The van der Waals surface area contributed by atoms with Crippen LogP contribution in [0.25, 0.3) is 0 Å². The van der Waals surface area contributed by atoms with Crippen LogP contribution in [0.1, 0.15) is 26.7 Å².